The number of carbonyl (C=O) groups is 2. The average molecular weight is 422 g/mol. The zero-order valence-corrected chi connectivity index (χ0v) is 18.2. The highest BCUT2D eigenvalue weighted by atomic mass is 16.2. The van der Waals surface area contributed by atoms with Gasteiger partial charge in [0, 0.05) is 30.1 Å². The molecule has 2 saturated carbocycles. The van der Waals surface area contributed by atoms with E-state index in [-0.39, 0.29) is 23.3 Å². The Morgan fingerprint density at radius 1 is 1.13 bits per heavy atom. The minimum atomic E-state index is -0.210. The lowest BCUT2D eigenvalue weighted by Gasteiger charge is -2.51. The Kier molecular flexibility index (Phi) is 4.39. The van der Waals surface area contributed by atoms with Gasteiger partial charge in [-0.2, -0.15) is 5.10 Å². The van der Waals surface area contributed by atoms with Crippen molar-refractivity contribution in [2.24, 2.45) is 17.8 Å². The quantitative estimate of drug-likeness (QED) is 0.752. The fourth-order valence-electron chi connectivity index (χ4n) is 5.48. The first-order valence-corrected chi connectivity index (χ1v) is 11.8. The minimum absolute atomic E-state index is 0.0792. The van der Waals surface area contributed by atoms with Crippen LogP contribution < -0.4 is 10.6 Å². The average Bonchev–Trinajstić information content (AvgIpc) is 3.66. The second kappa shape index (κ2) is 7.05. The van der Waals surface area contributed by atoms with E-state index in [0.29, 0.717) is 17.5 Å². The minimum Gasteiger partial charge on any atom is -0.344 e. The molecule has 0 unspecified atom stereocenters. The summed E-state index contributed by atoms with van der Waals surface area (Å²) in [4.78, 5) is 28.2. The number of anilines is 1. The van der Waals surface area contributed by atoms with Crippen LogP contribution in [0.4, 0.5) is 5.69 Å². The highest BCUT2D eigenvalue weighted by Crippen LogP contribution is 2.37. The van der Waals surface area contributed by atoms with Gasteiger partial charge in [0.15, 0.2) is 5.69 Å². The van der Waals surface area contributed by atoms with Gasteiger partial charge in [0.1, 0.15) is 0 Å². The number of hydrogen-bond acceptors (Lipinski definition) is 4. The fourth-order valence-corrected chi connectivity index (χ4v) is 5.48. The summed E-state index contributed by atoms with van der Waals surface area (Å²) in [5.74, 6) is 1.31. The van der Waals surface area contributed by atoms with Crippen molar-refractivity contribution in [1.29, 1.82) is 0 Å². The van der Waals surface area contributed by atoms with Gasteiger partial charge in [-0.3, -0.25) is 14.3 Å². The topological polar surface area (TPSA) is 79.3 Å². The molecule has 1 atom stereocenters. The molecule has 0 spiro atoms. The Morgan fingerprint density at radius 2 is 1.90 bits per heavy atom. The summed E-state index contributed by atoms with van der Waals surface area (Å²) in [7, 11) is 0. The van der Waals surface area contributed by atoms with E-state index in [1.165, 1.54) is 12.8 Å². The molecule has 7 nitrogen and oxygen atoms in total. The summed E-state index contributed by atoms with van der Waals surface area (Å²) in [6, 6.07) is 5.86. The molecule has 2 amide bonds. The first-order valence-electron chi connectivity index (χ1n) is 11.8. The molecule has 1 aromatic carbocycles. The van der Waals surface area contributed by atoms with E-state index < -0.39 is 0 Å². The number of hydrogen-bond donors (Lipinski definition) is 2. The van der Waals surface area contributed by atoms with Crippen LogP contribution in [0.5, 0.6) is 0 Å². The van der Waals surface area contributed by atoms with E-state index >= 15 is 0 Å². The molecule has 3 saturated heterocycles. The molecule has 3 aliphatic heterocycles. The van der Waals surface area contributed by atoms with Crippen LogP contribution in [-0.2, 0) is 11.3 Å². The van der Waals surface area contributed by atoms with Crippen LogP contribution in [0.1, 0.15) is 55.9 Å². The van der Waals surface area contributed by atoms with Crippen LogP contribution in [0, 0.1) is 17.8 Å². The Labute approximate surface area is 182 Å². The Morgan fingerprint density at radius 3 is 2.55 bits per heavy atom. The van der Waals surface area contributed by atoms with Gasteiger partial charge >= 0.3 is 0 Å². The molecule has 2 bridgehead atoms. The van der Waals surface area contributed by atoms with Crippen molar-refractivity contribution in [2.45, 2.75) is 57.5 Å². The van der Waals surface area contributed by atoms with Crippen molar-refractivity contribution in [3.63, 3.8) is 0 Å². The lowest BCUT2D eigenvalue weighted by atomic mass is 9.74. The maximum atomic E-state index is 13.5. The zero-order valence-electron chi connectivity index (χ0n) is 18.2. The molecule has 7 heteroatoms. The highest BCUT2D eigenvalue weighted by molar-refractivity contribution is 6.07. The monoisotopic (exact) mass is 421 g/mol. The van der Waals surface area contributed by atoms with Crippen molar-refractivity contribution in [3.05, 3.63) is 23.9 Å². The van der Waals surface area contributed by atoms with Gasteiger partial charge in [-0.05, 0) is 88.6 Å². The number of piperidine rings is 3. The lowest BCUT2D eigenvalue weighted by Crippen LogP contribution is -2.65. The second-order valence-electron chi connectivity index (χ2n) is 10.4. The third-order valence-corrected chi connectivity index (χ3v) is 7.75. The zero-order chi connectivity index (χ0) is 21.2. The molecule has 2 N–H and O–H groups in total. The number of aromatic nitrogens is 2. The van der Waals surface area contributed by atoms with Crippen molar-refractivity contribution in [3.8, 4) is 0 Å². The van der Waals surface area contributed by atoms with Crippen molar-refractivity contribution >= 4 is 28.4 Å². The Hall–Kier alpha value is -2.41. The first-order chi connectivity index (χ1) is 15.0. The number of fused-ring (bicyclic) bond motifs is 4. The van der Waals surface area contributed by atoms with Crippen LogP contribution in [0.25, 0.3) is 10.9 Å². The molecule has 5 aliphatic rings. The van der Waals surface area contributed by atoms with Crippen LogP contribution in [0.15, 0.2) is 18.2 Å². The van der Waals surface area contributed by atoms with Gasteiger partial charge in [0.25, 0.3) is 5.91 Å². The highest BCUT2D eigenvalue weighted by Gasteiger charge is 2.44. The van der Waals surface area contributed by atoms with Crippen molar-refractivity contribution < 1.29 is 9.59 Å². The number of carbonyl (C=O) groups excluding carboxylic acids is 2. The normalized spacial score (nSPS) is 29.8. The van der Waals surface area contributed by atoms with E-state index in [9.17, 15) is 9.59 Å². The molecule has 7 rings (SSSR count). The van der Waals surface area contributed by atoms with E-state index in [4.69, 9.17) is 5.10 Å². The number of amides is 2. The number of nitrogens with one attached hydrogen (secondary N) is 2. The van der Waals surface area contributed by atoms with Gasteiger partial charge < -0.3 is 15.5 Å². The van der Waals surface area contributed by atoms with E-state index in [2.05, 4.69) is 22.5 Å². The van der Waals surface area contributed by atoms with Crippen molar-refractivity contribution in [2.75, 3.05) is 25.0 Å². The molecule has 5 fully saturated rings. The van der Waals surface area contributed by atoms with Crippen LogP contribution in [0.2, 0.25) is 0 Å². The lowest BCUT2D eigenvalue weighted by molar-refractivity contribution is -0.117. The van der Waals surface area contributed by atoms with Gasteiger partial charge in [0.2, 0.25) is 5.91 Å². The smallest absolute Gasteiger partial charge is 0.272 e. The van der Waals surface area contributed by atoms with Gasteiger partial charge in [-0.15, -0.1) is 0 Å². The number of rotatable bonds is 6. The summed E-state index contributed by atoms with van der Waals surface area (Å²) in [6.07, 6.45) is 6.69. The SMILES string of the molecule is C[C@@]1(NC(=O)c2nn(CC3CC3)c3ccc(NC(=O)C4CC4)cc23)CN2CCC1CC2. The molecule has 2 aromatic rings. The van der Waals surface area contributed by atoms with Crippen LogP contribution >= 0.6 is 0 Å². The predicted molar refractivity (Wildman–Crippen MR) is 119 cm³/mol. The summed E-state index contributed by atoms with van der Waals surface area (Å²) < 4.78 is 1.99. The standard InChI is InChI=1S/C24H31N5O2/c1-24(14-28-10-8-17(24)9-11-28)26-23(31)21-19-12-18(25-22(30)16-4-5-16)6-7-20(19)29(27-21)13-15-2-3-15/h6-7,12,15-17H,2-5,8-11,13-14H2,1H3,(H,25,30)(H,26,31)/t24-/m1/s1. The maximum absolute atomic E-state index is 13.5. The maximum Gasteiger partial charge on any atom is 0.272 e. The molecule has 1 aromatic heterocycles. The first kappa shape index (κ1) is 19.3. The second-order valence-corrected chi connectivity index (χ2v) is 10.4. The molecule has 164 valence electrons. The van der Waals surface area contributed by atoms with E-state index in [0.717, 1.165) is 68.5 Å². The fraction of sp³-hybridized carbons (Fsp3) is 0.625. The molecule has 4 heterocycles. The van der Waals surface area contributed by atoms with E-state index in [1.807, 2.05) is 22.9 Å². The van der Waals surface area contributed by atoms with E-state index in [1.54, 1.807) is 0 Å². The summed E-state index contributed by atoms with van der Waals surface area (Å²) >= 11 is 0. The van der Waals surface area contributed by atoms with Crippen molar-refractivity contribution in [1.82, 2.24) is 20.0 Å². The Balaban J connectivity index is 1.32. The van der Waals surface area contributed by atoms with Crippen LogP contribution in [-0.4, -0.2) is 51.7 Å². The predicted octanol–water partition coefficient (Wildman–Crippen LogP) is 3.01. The Bertz CT molecular complexity index is 1050. The molecular weight excluding hydrogens is 390 g/mol. The third kappa shape index (κ3) is 3.63. The van der Waals surface area contributed by atoms with Gasteiger partial charge in [-0.1, -0.05) is 0 Å². The largest absolute Gasteiger partial charge is 0.344 e. The summed E-state index contributed by atoms with van der Waals surface area (Å²) in [5.41, 5.74) is 1.99. The summed E-state index contributed by atoms with van der Waals surface area (Å²) in [6.45, 7) is 6.22. The van der Waals surface area contributed by atoms with Gasteiger partial charge in [0.05, 0.1) is 11.1 Å². The number of nitrogens with zero attached hydrogens (tertiary/aromatic N) is 3. The molecule has 0 radical (unpaired) electrons. The summed E-state index contributed by atoms with van der Waals surface area (Å²) in [5, 5.41) is 12.0. The molecule has 2 aliphatic carbocycles. The van der Waals surface area contributed by atoms with Crippen LogP contribution in [0.3, 0.4) is 0 Å². The van der Waals surface area contributed by atoms with Gasteiger partial charge in [-0.25, -0.2) is 0 Å². The molecule has 31 heavy (non-hydrogen) atoms. The third-order valence-electron chi connectivity index (χ3n) is 7.75. The number of benzene rings is 1. The molecular formula is C24H31N5O2.